The van der Waals surface area contributed by atoms with E-state index in [1.54, 1.807) is 136 Å². The van der Waals surface area contributed by atoms with Gasteiger partial charge in [0, 0.05) is 11.1 Å². The Hall–Kier alpha value is -5.46. The Balaban J connectivity index is 1.25. The van der Waals surface area contributed by atoms with Gasteiger partial charge in [0.15, 0.2) is 42.4 Å². The Morgan fingerprint density at radius 1 is 0.481 bits per heavy atom. The zero-order valence-corrected chi connectivity index (χ0v) is 30.5. The molecule has 2 aliphatic rings. The maximum atomic E-state index is 14.3. The first-order chi connectivity index (χ1) is 25.0. The molecule has 5 aromatic carbocycles. The molecule has 0 saturated carbocycles. The summed E-state index contributed by atoms with van der Waals surface area (Å²) in [5.41, 5.74) is 4.59. The number of oxime groups is 2. The number of sulfone groups is 2. The minimum atomic E-state index is -4.01. The van der Waals surface area contributed by atoms with Gasteiger partial charge in [0.2, 0.25) is 0 Å². The molecular formula is C40H36N2O8S2. The van der Waals surface area contributed by atoms with Gasteiger partial charge in [0.05, 0.1) is 24.0 Å². The number of hydrogen-bond acceptors (Lipinski definition) is 10. The summed E-state index contributed by atoms with van der Waals surface area (Å²) < 4.78 is 67.9. The van der Waals surface area contributed by atoms with E-state index in [1.165, 1.54) is 0 Å². The van der Waals surface area contributed by atoms with Crippen LogP contribution in [0.15, 0.2) is 141 Å². The second kappa shape index (κ2) is 13.9. The predicted molar refractivity (Wildman–Crippen MR) is 197 cm³/mol. The Bertz CT molecular complexity index is 2190. The van der Waals surface area contributed by atoms with E-state index in [9.17, 15) is 16.8 Å². The smallest absolute Gasteiger partial charge is 0.191 e. The molecule has 0 N–H and O–H groups in total. The van der Waals surface area contributed by atoms with Crippen molar-refractivity contribution in [2.75, 3.05) is 14.2 Å². The summed E-state index contributed by atoms with van der Waals surface area (Å²) in [6, 6.07) is 34.1. The summed E-state index contributed by atoms with van der Waals surface area (Å²) in [5, 5.41) is 6.26. The van der Waals surface area contributed by atoms with E-state index in [2.05, 4.69) is 10.3 Å². The first-order valence-corrected chi connectivity index (χ1v) is 19.6. The second-order valence-corrected chi connectivity index (χ2v) is 16.8. The second-order valence-electron chi connectivity index (χ2n) is 12.7. The van der Waals surface area contributed by atoms with Crippen LogP contribution in [0.1, 0.15) is 45.6 Å². The van der Waals surface area contributed by atoms with Gasteiger partial charge in [0.1, 0.15) is 22.9 Å². The largest absolute Gasteiger partial charge is 0.497 e. The molecule has 0 saturated heterocycles. The zero-order chi connectivity index (χ0) is 36.6. The van der Waals surface area contributed by atoms with E-state index in [0.717, 1.165) is 11.1 Å². The van der Waals surface area contributed by atoms with E-state index >= 15 is 0 Å². The van der Waals surface area contributed by atoms with Gasteiger partial charge in [-0.25, -0.2) is 16.8 Å². The van der Waals surface area contributed by atoms with Crippen LogP contribution in [0.2, 0.25) is 0 Å². The van der Waals surface area contributed by atoms with Crippen LogP contribution < -0.4 is 9.47 Å². The number of methoxy groups -OCH3 is 2. The van der Waals surface area contributed by atoms with Crippen LogP contribution in [-0.4, -0.2) is 53.0 Å². The lowest BCUT2D eigenvalue weighted by Crippen LogP contribution is -2.34. The van der Waals surface area contributed by atoms with Crippen molar-refractivity contribution in [1.29, 1.82) is 0 Å². The highest BCUT2D eigenvalue weighted by atomic mass is 32.2. The summed E-state index contributed by atoms with van der Waals surface area (Å²) in [7, 11) is -4.92. The molecule has 0 radical (unpaired) electrons. The fraction of sp³-hybridized carbons (Fsp3) is 0.200. The highest BCUT2D eigenvalue weighted by Crippen LogP contribution is 2.41. The van der Waals surface area contributed by atoms with Gasteiger partial charge in [0.25, 0.3) is 0 Å². The molecule has 5 aromatic rings. The molecule has 0 amide bonds. The predicted octanol–water partition coefficient (Wildman–Crippen LogP) is 6.96. The molecule has 0 aliphatic carbocycles. The van der Waals surface area contributed by atoms with Gasteiger partial charge in [-0.1, -0.05) is 70.0 Å². The summed E-state index contributed by atoms with van der Waals surface area (Å²) >= 11 is 0. The molecule has 4 atom stereocenters. The van der Waals surface area contributed by atoms with E-state index in [0.29, 0.717) is 33.8 Å². The topological polar surface area (TPSA) is 130 Å². The Labute approximate surface area is 303 Å². The maximum absolute atomic E-state index is 14.3. The SMILES string of the molecule is COc1ccc(C2=NOC(c3ccc(C4ON=C(c5ccc(OC)cc5)C4S(=O)(=O)c4ccc(C)cc4)cc3)C2S(=O)(=O)c2ccc(C)cc2)cc1. The molecule has 12 heteroatoms. The van der Waals surface area contributed by atoms with Crippen molar-refractivity contribution in [3.05, 3.63) is 155 Å². The van der Waals surface area contributed by atoms with Crippen molar-refractivity contribution in [3.63, 3.8) is 0 Å². The molecule has 0 spiro atoms. The third-order valence-electron chi connectivity index (χ3n) is 9.35. The third-order valence-corrected chi connectivity index (χ3v) is 13.5. The highest BCUT2D eigenvalue weighted by Gasteiger charge is 2.48. The molecule has 0 bridgehead atoms. The van der Waals surface area contributed by atoms with Gasteiger partial charge >= 0.3 is 0 Å². The van der Waals surface area contributed by atoms with E-state index in [1.807, 2.05) is 13.8 Å². The number of benzene rings is 5. The van der Waals surface area contributed by atoms with Crippen LogP contribution >= 0.6 is 0 Å². The fourth-order valence-corrected chi connectivity index (χ4v) is 10.0. The molecule has 2 heterocycles. The van der Waals surface area contributed by atoms with Crippen LogP contribution in [-0.2, 0) is 29.3 Å². The van der Waals surface area contributed by atoms with Gasteiger partial charge in [-0.05, 0) is 97.8 Å². The molecule has 52 heavy (non-hydrogen) atoms. The average Bonchev–Trinajstić information content (AvgIpc) is 3.82. The van der Waals surface area contributed by atoms with Crippen LogP contribution in [0.25, 0.3) is 0 Å². The molecule has 2 aliphatic heterocycles. The molecular weight excluding hydrogens is 701 g/mol. The quantitative estimate of drug-likeness (QED) is 0.151. The normalized spacial score (nSPS) is 20.0. The van der Waals surface area contributed by atoms with Gasteiger partial charge in [-0.15, -0.1) is 0 Å². The first kappa shape index (κ1) is 35.0. The summed E-state index contributed by atoms with van der Waals surface area (Å²) in [4.78, 5) is 12.1. The lowest BCUT2D eigenvalue weighted by molar-refractivity contribution is 0.0846. The molecule has 0 aromatic heterocycles. The molecule has 7 rings (SSSR count). The number of aryl methyl sites for hydroxylation is 2. The molecule has 10 nitrogen and oxygen atoms in total. The standard InChI is InChI=1S/C40H36N2O8S2/c1-25-5-21-33(22-6-25)51(43,44)39-35(27-13-17-31(47-3)18-14-27)41-49-37(39)29-9-11-30(12-10-29)38-40(52(45,46)34-23-7-26(2)8-24-34)36(42-50-38)28-15-19-32(48-4)20-16-28/h5-24,37-40H,1-4H3. The van der Waals surface area contributed by atoms with E-state index in [-0.39, 0.29) is 21.2 Å². The van der Waals surface area contributed by atoms with Crippen molar-refractivity contribution in [2.24, 2.45) is 10.3 Å². The van der Waals surface area contributed by atoms with Crippen molar-refractivity contribution in [3.8, 4) is 11.5 Å². The van der Waals surface area contributed by atoms with Crippen molar-refractivity contribution in [1.82, 2.24) is 0 Å². The first-order valence-electron chi connectivity index (χ1n) is 16.5. The van der Waals surface area contributed by atoms with Crippen LogP contribution in [0, 0.1) is 13.8 Å². The molecule has 4 unspecified atom stereocenters. The van der Waals surface area contributed by atoms with Gasteiger partial charge < -0.3 is 19.1 Å². The van der Waals surface area contributed by atoms with Crippen LogP contribution in [0.4, 0.5) is 0 Å². The number of hydrogen-bond donors (Lipinski definition) is 0. The molecule has 266 valence electrons. The van der Waals surface area contributed by atoms with Crippen LogP contribution in [0.3, 0.4) is 0 Å². The lowest BCUT2D eigenvalue weighted by Gasteiger charge is -2.22. The number of nitrogens with zero attached hydrogens (tertiary/aromatic N) is 2. The summed E-state index contributed by atoms with van der Waals surface area (Å²) in [6.07, 6.45) is -2.00. The van der Waals surface area contributed by atoms with Crippen molar-refractivity contribution >= 4 is 31.1 Å². The minimum Gasteiger partial charge on any atom is -0.497 e. The summed E-state index contributed by atoms with van der Waals surface area (Å²) in [5.74, 6) is 1.23. The Kier molecular flexibility index (Phi) is 9.36. The van der Waals surface area contributed by atoms with Gasteiger partial charge in [-0.3, -0.25) is 0 Å². The fourth-order valence-electron chi connectivity index (χ4n) is 6.40. The third kappa shape index (κ3) is 6.44. The Morgan fingerprint density at radius 3 is 1.12 bits per heavy atom. The minimum absolute atomic E-state index is 0.142. The van der Waals surface area contributed by atoms with Crippen molar-refractivity contribution in [2.45, 2.75) is 46.3 Å². The lowest BCUT2D eigenvalue weighted by atomic mass is 9.96. The summed E-state index contributed by atoms with van der Waals surface area (Å²) in [6.45, 7) is 3.78. The highest BCUT2D eigenvalue weighted by molar-refractivity contribution is 7.93. The maximum Gasteiger partial charge on any atom is 0.191 e. The monoisotopic (exact) mass is 736 g/mol. The van der Waals surface area contributed by atoms with Gasteiger partial charge in [-0.2, -0.15) is 0 Å². The van der Waals surface area contributed by atoms with Crippen molar-refractivity contribution < 1.29 is 36.0 Å². The van der Waals surface area contributed by atoms with E-state index < -0.39 is 42.4 Å². The average molecular weight is 737 g/mol. The Morgan fingerprint density at radius 2 is 0.808 bits per heavy atom. The molecule has 0 fully saturated rings. The zero-order valence-electron chi connectivity index (χ0n) is 28.8. The van der Waals surface area contributed by atoms with Crippen LogP contribution in [0.5, 0.6) is 11.5 Å². The number of rotatable bonds is 10. The van der Waals surface area contributed by atoms with E-state index in [4.69, 9.17) is 19.1 Å². The number of ether oxygens (including phenoxy) is 2.